The van der Waals surface area contributed by atoms with Crippen LogP contribution in [0.2, 0.25) is 0 Å². The first-order chi connectivity index (χ1) is 11.5. The first-order valence-corrected chi connectivity index (χ1v) is 9.52. The summed E-state index contributed by atoms with van der Waals surface area (Å²) in [6, 6.07) is 5.19. The summed E-state index contributed by atoms with van der Waals surface area (Å²) < 4.78 is 6.16. The van der Waals surface area contributed by atoms with Gasteiger partial charge in [-0.2, -0.15) is 0 Å². The molecule has 0 bridgehead atoms. The fraction of sp³-hybridized carbons (Fsp3) is 0.438. The number of methoxy groups -OCH3 is 1. The zero-order valence-corrected chi connectivity index (χ0v) is 15.0. The Hall–Kier alpha value is -1.80. The molecular weight excluding hydrogens is 346 g/mol. The predicted octanol–water partition coefficient (Wildman–Crippen LogP) is 2.70. The number of thioether (sulfide) groups is 1. The van der Waals surface area contributed by atoms with Gasteiger partial charge in [-0.3, -0.25) is 9.59 Å². The lowest BCUT2D eigenvalue weighted by atomic mass is 10.2. The number of ether oxygens (including phenoxy) is 1. The molecule has 1 aromatic carbocycles. The van der Waals surface area contributed by atoms with E-state index in [9.17, 15) is 9.59 Å². The highest BCUT2D eigenvalue weighted by molar-refractivity contribution is 8.01. The molecule has 126 valence electrons. The molecule has 8 heteroatoms. The third kappa shape index (κ3) is 2.44. The van der Waals surface area contributed by atoms with Crippen LogP contribution in [-0.4, -0.2) is 45.5 Å². The van der Waals surface area contributed by atoms with Gasteiger partial charge >= 0.3 is 0 Å². The maximum atomic E-state index is 12.7. The molecule has 0 unspecified atom stereocenters. The Labute approximate surface area is 147 Å². The van der Waals surface area contributed by atoms with Gasteiger partial charge in [-0.05, 0) is 31.5 Å². The molecule has 2 saturated heterocycles. The monoisotopic (exact) mass is 363 g/mol. The first-order valence-electron chi connectivity index (χ1n) is 7.72. The van der Waals surface area contributed by atoms with Crippen LogP contribution in [-0.2, 0) is 9.59 Å². The third-order valence-corrected chi connectivity index (χ3v) is 7.01. The number of aromatic nitrogens is 1. The van der Waals surface area contributed by atoms with Gasteiger partial charge in [0.1, 0.15) is 11.8 Å². The second-order valence-corrected chi connectivity index (χ2v) is 8.64. The van der Waals surface area contributed by atoms with Gasteiger partial charge in [-0.1, -0.05) is 11.3 Å². The number of anilines is 1. The molecule has 4 rings (SSSR count). The van der Waals surface area contributed by atoms with E-state index in [0.717, 1.165) is 22.4 Å². The average molecular weight is 363 g/mol. The first kappa shape index (κ1) is 15.7. The van der Waals surface area contributed by atoms with Gasteiger partial charge < -0.3 is 15.0 Å². The molecule has 2 amide bonds. The third-order valence-electron chi connectivity index (χ3n) is 4.57. The number of carbonyl (C=O) groups excluding carboxylic acids is 2. The lowest BCUT2D eigenvalue weighted by molar-refractivity contribution is -0.135. The number of nitrogens with one attached hydrogen (secondary N) is 1. The van der Waals surface area contributed by atoms with Crippen molar-refractivity contribution in [1.82, 2.24) is 9.88 Å². The summed E-state index contributed by atoms with van der Waals surface area (Å²) >= 11 is 3.09. The standard InChI is InChI=1S/C16H17N3O3S2/c1-16-6-5-13(20)19(16)11(8-23-16)14(21)18-15-17-10-4-3-9(22-2)7-12(10)24-15/h3-4,7,11H,5-6,8H2,1-2H3,(H,17,18,21)/t11-,16-/m1/s1. The molecule has 0 spiro atoms. The second-order valence-electron chi connectivity index (χ2n) is 6.11. The van der Waals surface area contributed by atoms with E-state index in [4.69, 9.17) is 4.74 Å². The number of benzene rings is 1. The number of carbonyl (C=O) groups is 2. The van der Waals surface area contributed by atoms with Crippen LogP contribution in [0.3, 0.4) is 0 Å². The summed E-state index contributed by atoms with van der Waals surface area (Å²) in [5, 5.41) is 3.43. The molecule has 2 aromatic rings. The minimum Gasteiger partial charge on any atom is -0.497 e. The van der Waals surface area contributed by atoms with E-state index < -0.39 is 6.04 Å². The molecular formula is C16H17N3O3S2. The second kappa shape index (κ2) is 5.63. The van der Waals surface area contributed by atoms with Crippen LogP contribution in [0.4, 0.5) is 5.13 Å². The quantitative estimate of drug-likeness (QED) is 0.908. The molecule has 2 aliphatic heterocycles. The number of hydrogen-bond donors (Lipinski definition) is 1. The molecule has 24 heavy (non-hydrogen) atoms. The van der Waals surface area contributed by atoms with Crippen molar-refractivity contribution in [3.63, 3.8) is 0 Å². The van der Waals surface area contributed by atoms with Gasteiger partial charge in [0, 0.05) is 12.2 Å². The van der Waals surface area contributed by atoms with Crippen LogP contribution in [0.15, 0.2) is 18.2 Å². The van der Waals surface area contributed by atoms with Crippen molar-refractivity contribution < 1.29 is 14.3 Å². The molecule has 2 fully saturated rings. The number of amides is 2. The van der Waals surface area contributed by atoms with Gasteiger partial charge in [-0.15, -0.1) is 11.8 Å². The number of thiazole rings is 1. The highest BCUT2D eigenvalue weighted by Gasteiger charge is 2.52. The Bertz CT molecular complexity index is 837. The Morgan fingerprint density at radius 3 is 3.12 bits per heavy atom. The Balaban J connectivity index is 1.55. The van der Waals surface area contributed by atoms with E-state index in [1.165, 1.54) is 11.3 Å². The van der Waals surface area contributed by atoms with Crippen molar-refractivity contribution in [2.24, 2.45) is 0 Å². The van der Waals surface area contributed by atoms with Crippen LogP contribution in [0.25, 0.3) is 10.2 Å². The van der Waals surface area contributed by atoms with Crippen LogP contribution >= 0.6 is 23.1 Å². The lowest BCUT2D eigenvalue weighted by Crippen LogP contribution is -2.48. The van der Waals surface area contributed by atoms with Crippen molar-refractivity contribution >= 4 is 50.3 Å². The van der Waals surface area contributed by atoms with Crippen LogP contribution < -0.4 is 10.1 Å². The summed E-state index contributed by atoms with van der Waals surface area (Å²) in [6.45, 7) is 2.04. The minimum absolute atomic E-state index is 0.0664. The SMILES string of the molecule is COc1ccc2nc(NC(=O)[C@H]3CS[C@]4(C)CCC(=O)N34)sc2c1. The summed E-state index contributed by atoms with van der Waals surface area (Å²) in [5.74, 6) is 1.30. The minimum atomic E-state index is -0.420. The molecule has 6 nitrogen and oxygen atoms in total. The molecule has 0 aliphatic carbocycles. The zero-order chi connectivity index (χ0) is 16.9. The van der Waals surface area contributed by atoms with Gasteiger partial charge in [0.15, 0.2) is 5.13 Å². The smallest absolute Gasteiger partial charge is 0.249 e. The number of nitrogens with zero attached hydrogens (tertiary/aromatic N) is 2. The number of hydrogen-bond acceptors (Lipinski definition) is 6. The maximum absolute atomic E-state index is 12.7. The van der Waals surface area contributed by atoms with Crippen LogP contribution in [0.5, 0.6) is 5.75 Å². The highest BCUT2D eigenvalue weighted by Crippen LogP contribution is 2.47. The van der Waals surface area contributed by atoms with E-state index in [0.29, 0.717) is 17.3 Å². The Morgan fingerprint density at radius 1 is 1.50 bits per heavy atom. The van der Waals surface area contributed by atoms with Crippen molar-refractivity contribution in [3.8, 4) is 5.75 Å². The van der Waals surface area contributed by atoms with Gasteiger partial charge in [-0.25, -0.2) is 4.98 Å². The van der Waals surface area contributed by atoms with Gasteiger partial charge in [0.25, 0.3) is 0 Å². The van der Waals surface area contributed by atoms with Crippen molar-refractivity contribution in [1.29, 1.82) is 0 Å². The molecule has 0 radical (unpaired) electrons. The maximum Gasteiger partial charge on any atom is 0.249 e. The Morgan fingerprint density at radius 2 is 2.33 bits per heavy atom. The fourth-order valence-electron chi connectivity index (χ4n) is 3.29. The fourth-order valence-corrected chi connectivity index (χ4v) is 5.62. The van der Waals surface area contributed by atoms with Crippen LogP contribution in [0.1, 0.15) is 19.8 Å². The molecule has 3 heterocycles. The summed E-state index contributed by atoms with van der Waals surface area (Å²) in [5.41, 5.74) is 0.819. The topological polar surface area (TPSA) is 71.5 Å². The van der Waals surface area contributed by atoms with Gasteiger partial charge in [0.2, 0.25) is 11.8 Å². The molecule has 2 aliphatic rings. The largest absolute Gasteiger partial charge is 0.497 e. The molecule has 1 N–H and O–H groups in total. The zero-order valence-electron chi connectivity index (χ0n) is 13.4. The lowest BCUT2D eigenvalue weighted by Gasteiger charge is -2.29. The van der Waals surface area contributed by atoms with E-state index in [-0.39, 0.29) is 16.7 Å². The van der Waals surface area contributed by atoms with Crippen molar-refractivity contribution in [2.45, 2.75) is 30.7 Å². The van der Waals surface area contributed by atoms with E-state index >= 15 is 0 Å². The molecule has 0 saturated carbocycles. The van der Waals surface area contributed by atoms with Gasteiger partial charge in [0.05, 0.1) is 22.2 Å². The average Bonchev–Trinajstić information content (AvgIpc) is 3.19. The summed E-state index contributed by atoms with van der Waals surface area (Å²) in [7, 11) is 1.62. The number of rotatable bonds is 3. The Kier molecular flexibility index (Phi) is 3.69. The molecule has 2 atom stereocenters. The van der Waals surface area contributed by atoms with E-state index in [1.54, 1.807) is 23.8 Å². The van der Waals surface area contributed by atoms with E-state index in [2.05, 4.69) is 10.3 Å². The van der Waals surface area contributed by atoms with Crippen LogP contribution in [0, 0.1) is 0 Å². The van der Waals surface area contributed by atoms with E-state index in [1.807, 2.05) is 25.1 Å². The molecule has 1 aromatic heterocycles. The normalized spacial score (nSPS) is 26.0. The van der Waals surface area contributed by atoms with Crippen molar-refractivity contribution in [2.75, 3.05) is 18.2 Å². The highest BCUT2D eigenvalue weighted by atomic mass is 32.2. The summed E-state index contributed by atoms with van der Waals surface area (Å²) in [4.78, 5) is 30.8. The van der Waals surface area contributed by atoms with Crippen molar-refractivity contribution in [3.05, 3.63) is 18.2 Å². The number of fused-ring (bicyclic) bond motifs is 2. The predicted molar refractivity (Wildman–Crippen MR) is 95.5 cm³/mol. The summed E-state index contributed by atoms with van der Waals surface area (Å²) in [6.07, 6.45) is 1.33.